The van der Waals surface area contributed by atoms with Gasteiger partial charge in [0, 0.05) is 12.7 Å². The van der Waals surface area contributed by atoms with E-state index in [9.17, 15) is 0 Å². The molecule has 0 fully saturated rings. The van der Waals surface area contributed by atoms with Crippen LogP contribution in [0.1, 0.15) is 36.5 Å². The van der Waals surface area contributed by atoms with Crippen LogP contribution in [0.2, 0.25) is 0 Å². The van der Waals surface area contributed by atoms with E-state index in [1.54, 1.807) is 0 Å². The second-order valence-corrected chi connectivity index (χ2v) is 3.84. The molecule has 16 heavy (non-hydrogen) atoms. The molecule has 0 aliphatic carbocycles. The van der Waals surface area contributed by atoms with Gasteiger partial charge in [-0.2, -0.15) is 0 Å². The molecular formula is C13H21N3. The van der Waals surface area contributed by atoms with Crippen LogP contribution in [0.3, 0.4) is 0 Å². The van der Waals surface area contributed by atoms with Crippen LogP contribution in [-0.4, -0.2) is 14.5 Å². The maximum Gasteiger partial charge on any atom is 0.160 e. The quantitative estimate of drug-likeness (QED) is 0.681. The van der Waals surface area contributed by atoms with Gasteiger partial charge in [-0.25, -0.2) is 9.97 Å². The number of fused-ring (bicyclic) bond motifs is 1. The minimum Gasteiger partial charge on any atom is -0.316 e. The molecule has 3 nitrogen and oxygen atoms in total. The van der Waals surface area contributed by atoms with E-state index < -0.39 is 0 Å². The van der Waals surface area contributed by atoms with Gasteiger partial charge in [-0.1, -0.05) is 13.8 Å². The SMILES string of the molecule is CC.Cc1nc2c(nc(C)n2C)c(C)c1C. The molecule has 0 spiro atoms. The van der Waals surface area contributed by atoms with Crippen molar-refractivity contribution in [1.82, 2.24) is 14.5 Å². The zero-order chi connectivity index (χ0) is 12.5. The van der Waals surface area contributed by atoms with Crippen LogP contribution >= 0.6 is 0 Å². The third-order valence-electron chi connectivity index (χ3n) is 3.02. The average Bonchev–Trinajstić information content (AvgIpc) is 2.57. The molecule has 88 valence electrons. The Morgan fingerprint density at radius 2 is 1.44 bits per heavy atom. The van der Waals surface area contributed by atoms with Gasteiger partial charge in [-0.05, 0) is 38.8 Å². The lowest BCUT2D eigenvalue weighted by atomic mass is 10.1. The molecule has 0 N–H and O–H groups in total. The maximum atomic E-state index is 4.56. The van der Waals surface area contributed by atoms with Gasteiger partial charge in [0.15, 0.2) is 5.65 Å². The fourth-order valence-electron chi connectivity index (χ4n) is 1.67. The third kappa shape index (κ3) is 1.82. The van der Waals surface area contributed by atoms with Gasteiger partial charge < -0.3 is 4.57 Å². The standard InChI is InChI=1S/C11H15N3.C2H6/c1-6-7(2)10-11(12-8(6)3)14(5)9(4)13-10;1-2/h1-5H3;1-2H3. The summed E-state index contributed by atoms with van der Waals surface area (Å²) in [6.45, 7) is 12.3. The summed E-state index contributed by atoms with van der Waals surface area (Å²) < 4.78 is 2.04. The van der Waals surface area contributed by atoms with Gasteiger partial charge in [0.2, 0.25) is 0 Å². The molecule has 0 radical (unpaired) electrons. The Balaban J connectivity index is 0.000000606. The Kier molecular flexibility index (Phi) is 3.68. The highest BCUT2D eigenvalue weighted by Gasteiger charge is 2.11. The minimum atomic E-state index is 0.989. The van der Waals surface area contributed by atoms with E-state index in [2.05, 4.69) is 23.8 Å². The zero-order valence-electron chi connectivity index (χ0n) is 11.3. The minimum absolute atomic E-state index is 0.989. The molecule has 0 amide bonds. The molecule has 0 aliphatic heterocycles. The summed E-state index contributed by atoms with van der Waals surface area (Å²) in [5.74, 6) is 1.01. The van der Waals surface area contributed by atoms with Crippen molar-refractivity contribution in [3.8, 4) is 0 Å². The average molecular weight is 219 g/mol. The fourth-order valence-corrected chi connectivity index (χ4v) is 1.67. The molecule has 0 unspecified atom stereocenters. The van der Waals surface area contributed by atoms with Crippen molar-refractivity contribution in [2.24, 2.45) is 7.05 Å². The smallest absolute Gasteiger partial charge is 0.160 e. The molecule has 3 heteroatoms. The molecule has 0 atom stereocenters. The topological polar surface area (TPSA) is 30.7 Å². The van der Waals surface area contributed by atoms with Crippen molar-refractivity contribution in [2.45, 2.75) is 41.5 Å². The molecule has 2 aromatic rings. The highest BCUT2D eigenvalue weighted by molar-refractivity contribution is 5.77. The molecule has 0 aliphatic rings. The van der Waals surface area contributed by atoms with Crippen molar-refractivity contribution >= 4 is 11.2 Å². The highest BCUT2D eigenvalue weighted by atomic mass is 15.1. The van der Waals surface area contributed by atoms with Crippen LogP contribution in [0.25, 0.3) is 11.2 Å². The monoisotopic (exact) mass is 219 g/mol. The van der Waals surface area contributed by atoms with Gasteiger partial charge in [0.1, 0.15) is 11.3 Å². The van der Waals surface area contributed by atoms with E-state index >= 15 is 0 Å². The Morgan fingerprint density at radius 1 is 0.875 bits per heavy atom. The fraction of sp³-hybridized carbons (Fsp3) is 0.538. The molecule has 2 rings (SSSR count). The molecule has 2 aromatic heterocycles. The summed E-state index contributed by atoms with van der Waals surface area (Å²) in [7, 11) is 2.01. The van der Waals surface area contributed by atoms with E-state index in [-0.39, 0.29) is 0 Å². The maximum absolute atomic E-state index is 4.56. The van der Waals surface area contributed by atoms with Gasteiger partial charge in [0.25, 0.3) is 0 Å². The molecule has 0 bridgehead atoms. The van der Waals surface area contributed by atoms with Gasteiger partial charge in [0.05, 0.1) is 0 Å². The van der Waals surface area contributed by atoms with E-state index in [1.807, 2.05) is 39.3 Å². The van der Waals surface area contributed by atoms with Crippen LogP contribution in [0, 0.1) is 27.7 Å². The first-order valence-electron chi connectivity index (χ1n) is 5.79. The number of pyridine rings is 1. The summed E-state index contributed by atoms with van der Waals surface area (Å²) >= 11 is 0. The second kappa shape index (κ2) is 4.64. The zero-order valence-corrected chi connectivity index (χ0v) is 11.3. The van der Waals surface area contributed by atoms with Crippen LogP contribution in [0.4, 0.5) is 0 Å². The first kappa shape index (κ1) is 12.7. The number of imidazole rings is 1. The largest absolute Gasteiger partial charge is 0.316 e. The van der Waals surface area contributed by atoms with E-state index in [4.69, 9.17) is 0 Å². The predicted octanol–water partition coefficient (Wildman–Crippen LogP) is 3.23. The lowest BCUT2D eigenvalue weighted by molar-refractivity contribution is 0.871. The first-order valence-corrected chi connectivity index (χ1v) is 5.79. The van der Waals surface area contributed by atoms with Crippen LogP contribution < -0.4 is 0 Å². The van der Waals surface area contributed by atoms with Crippen molar-refractivity contribution in [1.29, 1.82) is 0 Å². The number of hydrogen-bond acceptors (Lipinski definition) is 2. The Hall–Kier alpha value is -1.38. The first-order chi connectivity index (χ1) is 7.52. The Bertz CT molecular complexity index is 510. The van der Waals surface area contributed by atoms with Crippen LogP contribution in [0.15, 0.2) is 0 Å². The van der Waals surface area contributed by atoms with Gasteiger partial charge >= 0.3 is 0 Å². The summed E-state index contributed by atoms with van der Waals surface area (Å²) in [6.07, 6.45) is 0. The van der Waals surface area contributed by atoms with Crippen LogP contribution in [0.5, 0.6) is 0 Å². The molecule has 2 heterocycles. The van der Waals surface area contributed by atoms with E-state index in [0.717, 1.165) is 22.7 Å². The molecule has 0 saturated carbocycles. The number of hydrogen-bond donors (Lipinski definition) is 0. The molecule has 0 aromatic carbocycles. The Morgan fingerprint density at radius 3 is 2.00 bits per heavy atom. The van der Waals surface area contributed by atoms with Gasteiger partial charge in [-0.15, -0.1) is 0 Å². The number of rotatable bonds is 0. The molecule has 0 saturated heterocycles. The van der Waals surface area contributed by atoms with Crippen molar-refractivity contribution in [2.75, 3.05) is 0 Å². The van der Waals surface area contributed by atoms with Gasteiger partial charge in [-0.3, -0.25) is 0 Å². The summed E-state index contributed by atoms with van der Waals surface area (Å²) in [5, 5.41) is 0. The van der Waals surface area contributed by atoms with Crippen LogP contribution in [-0.2, 0) is 7.05 Å². The predicted molar refractivity (Wildman–Crippen MR) is 68.8 cm³/mol. The number of nitrogens with zero attached hydrogens (tertiary/aromatic N) is 3. The Labute approximate surface area is 97.5 Å². The normalized spacial score (nSPS) is 10.2. The van der Waals surface area contributed by atoms with Crippen molar-refractivity contribution < 1.29 is 0 Å². The lowest BCUT2D eigenvalue weighted by Gasteiger charge is -2.04. The second-order valence-electron chi connectivity index (χ2n) is 3.84. The third-order valence-corrected chi connectivity index (χ3v) is 3.02. The number of aromatic nitrogens is 3. The number of aryl methyl sites for hydroxylation is 4. The summed E-state index contributed by atoms with van der Waals surface area (Å²) in [5.41, 5.74) is 5.61. The van der Waals surface area contributed by atoms with E-state index in [1.165, 1.54) is 11.1 Å². The molecular weight excluding hydrogens is 198 g/mol. The summed E-state index contributed by atoms with van der Waals surface area (Å²) in [4.78, 5) is 9.07. The van der Waals surface area contributed by atoms with Crippen molar-refractivity contribution in [3.05, 3.63) is 22.6 Å². The van der Waals surface area contributed by atoms with Crippen molar-refractivity contribution in [3.63, 3.8) is 0 Å². The van der Waals surface area contributed by atoms with E-state index in [0.29, 0.717) is 0 Å². The highest BCUT2D eigenvalue weighted by Crippen LogP contribution is 2.21. The lowest BCUT2D eigenvalue weighted by Crippen LogP contribution is -1.96. The summed E-state index contributed by atoms with van der Waals surface area (Å²) in [6, 6.07) is 0.